The molecular formula is C18H30ClNO. The number of nitrogens with one attached hydrogen (secondary N) is 1. The summed E-state index contributed by atoms with van der Waals surface area (Å²) in [5.41, 5.74) is 2.26. The number of ether oxygens (including phenoxy) is 1. The molecule has 0 saturated carbocycles. The van der Waals surface area contributed by atoms with Crippen LogP contribution in [0.4, 0.5) is 0 Å². The second-order valence-electron chi connectivity index (χ2n) is 5.95. The van der Waals surface area contributed by atoms with Crippen LogP contribution < -0.4 is 10.1 Å². The van der Waals surface area contributed by atoms with Gasteiger partial charge >= 0.3 is 0 Å². The first-order valence-electron chi connectivity index (χ1n) is 8.19. The third-order valence-corrected chi connectivity index (χ3v) is 4.06. The molecule has 2 nitrogen and oxygen atoms in total. The minimum atomic E-state index is 0.417. The summed E-state index contributed by atoms with van der Waals surface area (Å²) < 4.78 is 5.94. The Balaban J connectivity index is 2.36. The lowest BCUT2D eigenvalue weighted by Crippen LogP contribution is -2.22. The molecule has 0 radical (unpaired) electrons. The molecule has 0 aliphatic carbocycles. The molecule has 0 aromatic heterocycles. The predicted molar refractivity (Wildman–Crippen MR) is 92.8 cm³/mol. The largest absolute Gasteiger partial charge is 0.492 e. The van der Waals surface area contributed by atoms with Crippen LogP contribution >= 0.6 is 11.6 Å². The van der Waals surface area contributed by atoms with Gasteiger partial charge in [0.2, 0.25) is 0 Å². The highest BCUT2D eigenvalue weighted by Crippen LogP contribution is 2.31. The van der Waals surface area contributed by atoms with Gasteiger partial charge in [0.25, 0.3) is 0 Å². The summed E-state index contributed by atoms with van der Waals surface area (Å²) in [5.74, 6) is 1.39. The SMILES string of the molecule is CCCCCCNCCOc1cc(C)c(Cl)cc1C(C)C. The zero-order valence-corrected chi connectivity index (χ0v) is 14.7. The van der Waals surface area contributed by atoms with E-state index in [1.54, 1.807) is 0 Å². The van der Waals surface area contributed by atoms with Gasteiger partial charge in [-0.15, -0.1) is 0 Å². The van der Waals surface area contributed by atoms with E-state index in [4.69, 9.17) is 16.3 Å². The van der Waals surface area contributed by atoms with E-state index < -0.39 is 0 Å². The van der Waals surface area contributed by atoms with E-state index in [1.165, 1.54) is 31.2 Å². The zero-order valence-electron chi connectivity index (χ0n) is 14.0. The molecule has 120 valence electrons. The van der Waals surface area contributed by atoms with Crippen LogP contribution in [0.5, 0.6) is 5.75 Å². The second-order valence-corrected chi connectivity index (χ2v) is 6.36. The van der Waals surface area contributed by atoms with Gasteiger partial charge in [-0.25, -0.2) is 0 Å². The van der Waals surface area contributed by atoms with Gasteiger partial charge in [0, 0.05) is 11.6 Å². The fraction of sp³-hybridized carbons (Fsp3) is 0.667. The monoisotopic (exact) mass is 311 g/mol. The average Bonchev–Trinajstić information content (AvgIpc) is 2.44. The molecule has 1 rings (SSSR count). The Hall–Kier alpha value is -0.730. The van der Waals surface area contributed by atoms with Crippen LogP contribution in [0.3, 0.4) is 0 Å². The molecule has 0 aliphatic heterocycles. The molecule has 21 heavy (non-hydrogen) atoms. The van der Waals surface area contributed by atoms with Crippen LogP contribution in [-0.2, 0) is 0 Å². The maximum atomic E-state index is 6.21. The molecule has 0 bridgehead atoms. The number of aryl methyl sites for hydroxylation is 1. The summed E-state index contributed by atoms with van der Waals surface area (Å²) in [6.45, 7) is 11.3. The minimum Gasteiger partial charge on any atom is -0.492 e. The smallest absolute Gasteiger partial charge is 0.123 e. The number of benzene rings is 1. The minimum absolute atomic E-state index is 0.417. The Kier molecular flexibility index (Phi) is 8.79. The summed E-state index contributed by atoms with van der Waals surface area (Å²) in [5, 5.41) is 4.26. The molecule has 1 aromatic rings. The van der Waals surface area contributed by atoms with Gasteiger partial charge in [-0.3, -0.25) is 0 Å². The fourth-order valence-electron chi connectivity index (χ4n) is 2.28. The molecular weight excluding hydrogens is 282 g/mol. The molecule has 0 saturated heterocycles. The Bertz CT molecular complexity index is 418. The number of unbranched alkanes of at least 4 members (excludes halogenated alkanes) is 3. The summed E-state index contributed by atoms with van der Waals surface area (Å²) in [6.07, 6.45) is 5.19. The van der Waals surface area contributed by atoms with E-state index >= 15 is 0 Å². The van der Waals surface area contributed by atoms with E-state index in [0.717, 1.165) is 29.4 Å². The molecule has 0 aliphatic rings. The van der Waals surface area contributed by atoms with Gasteiger partial charge in [-0.1, -0.05) is 51.6 Å². The fourth-order valence-corrected chi connectivity index (χ4v) is 2.45. The Morgan fingerprint density at radius 1 is 1.14 bits per heavy atom. The third-order valence-electron chi connectivity index (χ3n) is 3.66. The van der Waals surface area contributed by atoms with E-state index in [2.05, 4.69) is 32.2 Å². The Morgan fingerprint density at radius 3 is 2.57 bits per heavy atom. The summed E-state index contributed by atoms with van der Waals surface area (Å²) in [6, 6.07) is 4.09. The molecule has 0 heterocycles. The van der Waals surface area contributed by atoms with Gasteiger partial charge in [0.15, 0.2) is 0 Å². The summed E-state index contributed by atoms with van der Waals surface area (Å²) >= 11 is 6.21. The van der Waals surface area contributed by atoms with Gasteiger partial charge in [0.1, 0.15) is 12.4 Å². The topological polar surface area (TPSA) is 21.3 Å². The first-order valence-corrected chi connectivity index (χ1v) is 8.57. The standard InChI is InChI=1S/C18H30ClNO/c1-5-6-7-8-9-20-10-11-21-18-12-15(4)17(19)13-16(18)14(2)3/h12-14,20H,5-11H2,1-4H3. The van der Waals surface area contributed by atoms with E-state index in [-0.39, 0.29) is 0 Å². The van der Waals surface area contributed by atoms with E-state index in [1.807, 2.05) is 13.0 Å². The van der Waals surface area contributed by atoms with Crippen molar-refractivity contribution in [1.82, 2.24) is 5.32 Å². The second kappa shape index (κ2) is 10.1. The molecule has 0 fully saturated rings. The Labute approximate surface area is 135 Å². The number of hydrogen-bond acceptors (Lipinski definition) is 2. The maximum Gasteiger partial charge on any atom is 0.123 e. The van der Waals surface area contributed by atoms with Crippen molar-refractivity contribution in [2.24, 2.45) is 0 Å². The molecule has 3 heteroatoms. The lowest BCUT2D eigenvalue weighted by Gasteiger charge is -2.16. The molecule has 0 unspecified atom stereocenters. The molecule has 1 aromatic carbocycles. The average molecular weight is 312 g/mol. The number of halogens is 1. The van der Waals surface area contributed by atoms with Gasteiger partial charge in [-0.05, 0) is 49.1 Å². The molecule has 0 spiro atoms. The normalized spacial score (nSPS) is 11.1. The lowest BCUT2D eigenvalue weighted by atomic mass is 10.0. The molecule has 1 N–H and O–H groups in total. The highest BCUT2D eigenvalue weighted by atomic mass is 35.5. The zero-order chi connectivity index (χ0) is 15.7. The van der Waals surface area contributed by atoms with Crippen molar-refractivity contribution < 1.29 is 4.74 Å². The van der Waals surface area contributed by atoms with Crippen molar-refractivity contribution >= 4 is 11.6 Å². The van der Waals surface area contributed by atoms with Crippen LogP contribution in [0.15, 0.2) is 12.1 Å². The predicted octanol–water partition coefficient (Wildman–Crippen LogP) is 5.32. The summed E-state index contributed by atoms with van der Waals surface area (Å²) in [7, 11) is 0. The highest BCUT2D eigenvalue weighted by Gasteiger charge is 2.10. The van der Waals surface area contributed by atoms with Crippen LogP contribution in [0, 0.1) is 6.92 Å². The van der Waals surface area contributed by atoms with Crippen molar-refractivity contribution in [2.75, 3.05) is 19.7 Å². The maximum absolute atomic E-state index is 6.21. The van der Waals surface area contributed by atoms with Crippen molar-refractivity contribution in [1.29, 1.82) is 0 Å². The van der Waals surface area contributed by atoms with E-state index in [9.17, 15) is 0 Å². The molecule has 0 atom stereocenters. The third kappa shape index (κ3) is 6.71. The van der Waals surface area contributed by atoms with Crippen LogP contribution in [0.25, 0.3) is 0 Å². The number of rotatable bonds is 10. The highest BCUT2D eigenvalue weighted by molar-refractivity contribution is 6.31. The van der Waals surface area contributed by atoms with Gasteiger partial charge in [0.05, 0.1) is 0 Å². The first-order chi connectivity index (χ1) is 10.1. The van der Waals surface area contributed by atoms with Crippen LogP contribution in [0.1, 0.15) is 63.5 Å². The number of hydrogen-bond donors (Lipinski definition) is 1. The van der Waals surface area contributed by atoms with Crippen molar-refractivity contribution in [3.05, 3.63) is 28.3 Å². The van der Waals surface area contributed by atoms with Crippen molar-refractivity contribution in [3.8, 4) is 5.75 Å². The Morgan fingerprint density at radius 2 is 1.90 bits per heavy atom. The van der Waals surface area contributed by atoms with Crippen LogP contribution in [0.2, 0.25) is 5.02 Å². The lowest BCUT2D eigenvalue weighted by molar-refractivity contribution is 0.309. The van der Waals surface area contributed by atoms with Gasteiger partial charge < -0.3 is 10.1 Å². The molecule has 0 amide bonds. The van der Waals surface area contributed by atoms with Crippen molar-refractivity contribution in [3.63, 3.8) is 0 Å². The quantitative estimate of drug-likeness (QED) is 0.590. The van der Waals surface area contributed by atoms with E-state index in [0.29, 0.717) is 12.5 Å². The first kappa shape index (κ1) is 18.3. The van der Waals surface area contributed by atoms with Crippen molar-refractivity contribution in [2.45, 2.75) is 59.3 Å². The summed E-state index contributed by atoms with van der Waals surface area (Å²) in [4.78, 5) is 0. The van der Waals surface area contributed by atoms with Crippen LogP contribution in [-0.4, -0.2) is 19.7 Å². The van der Waals surface area contributed by atoms with Gasteiger partial charge in [-0.2, -0.15) is 0 Å².